The van der Waals surface area contributed by atoms with Crippen molar-refractivity contribution in [2.24, 2.45) is 5.41 Å². The SMILES string of the molecule is CC(=O)Nc1ccc(CNC(c2ccccc2)C(C)(C)C)cc1. The molecular formula is C20H26N2O. The molecule has 2 aromatic carbocycles. The summed E-state index contributed by atoms with van der Waals surface area (Å²) in [5.41, 5.74) is 3.45. The van der Waals surface area contributed by atoms with E-state index in [1.54, 1.807) is 0 Å². The highest BCUT2D eigenvalue weighted by atomic mass is 16.1. The molecule has 2 N–H and O–H groups in total. The molecule has 0 heterocycles. The summed E-state index contributed by atoms with van der Waals surface area (Å²) >= 11 is 0. The van der Waals surface area contributed by atoms with E-state index in [4.69, 9.17) is 0 Å². The number of amides is 1. The first-order valence-corrected chi connectivity index (χ1v) is 8.01. The first kappa shape index (κ1) is 17.2. The highest BCUT2D eigenvalue weighted by Gasteiger charge is 2.25. The lowest BCUT2D eigenvalue weighted by Crippen LogP contribution is -2.32. The van der Waals surface area contributed by atoms with Crippen LogP contribution < -0.4 is 10.6 Å². The molecule has 0 aliphatic rings. The Morgan fingerprint density at radius 2 is 1.61 bits per heavy atom. The molecule has 0 aliphatic carbocycles. The van der Waals surface area contributed by atoms with Crippen molar-refractivity contribution in [2.45, 2.75) is 40.3 Å². The van der Waals surface area contributed by atoms with Crippen molar-refractivity contribution < 1.29 is 4.79 Å². The first-order chi connectivity index (χ1) is 10.9. The number of rotatable bonds is 5. The van der Waals surface area contributed by atoms with E-state index in [1.807, 2.05) is 30.3 Å². The zero-order valence-corrected chi connectivity index (χ0v) is 14.4. The van der Waals surface area contributed by atoms with Crippen molar-refractivity contribution in [2.75, 3.05) is 5.32 Å². The van der Waals surface area contributed by atoms with Crippen LogP contribution in [0.15, 0.2) is 54.6 Å². The van der Waals surface area contributed by atoms with Gasteiger partial charge in [0, 0.05) is 25.2 Å². The Morgan fingerprint density at radius 1 is 1.00 bits per heavy atom. The third-order valence-corrected chi connectivity index (χ3v) is 3.78. The fourth-order valence-corrected chi connectivity index (χ4v) is 2.70. The smallest absolute Gasteiger partial charge is 0.221 e. The lowest BCUT2D eigenvalue weighted by Gasteiger charge is -2.32. The molecule has 3 nitrogen and oxygen atoms in total. The van der Waals surface area contributed by atoms with Crippen LogP contribution in [0.2, 0.25) is 0 Å². The van der Waals surface area contributed by atoms with Gasteiger partial charge < -0.3 is 10.6 Å². The zero-order valence-electron chi connectivity index (χ0n) is 14.4. The third-order valence-electron chi connectivity index (χ3n) is 3.78. The van der Waals surface area contributed by atoms with Gasteiger partial charge in [-0.25, -0.2) is 0 Å². The van der Waals surface area contributed by atoms with Gasteiger partial charge in [0.15, 0.2) is 0 Å². The van der Waals surface area contributed by atoms with Crippen LogP contribution in [0.1, 0.15) is 44.9 Å². The number of carbonyl (C=O) groups is 1. The van der Waals surface area contributed by atoms with Gasteiger partial charge >= 0.3 is 0 Å². The van der Waals surface area contributed by atoms with Gasteiger partial charge in [0.1, 0.15) is 0 Å². The van der Waals surface area contributed by atoms with Crippen LogP contribution >= 0.6 is 0 Å². The fraction of sp³-hybridized carbons (Fsp3) is 0.350. The second kappa shape index (κ2) is 7.42. The van der Waals surface area contributed by atoms with Crippen LogP contribution in [0.3, 0.4) is 0 Å². The number of carbonyl (C=O) groups excluding carboxylic acids is 1. The maximum absolute atomic E-state index is 11.1. The summed E-state index contributed by atoms with van der Waals surface area (Å²) in [6.07, 6.45) is 0. The summed E-state index contributed by atoms with van der Waals surface area (Å²) in [7, 11) is 0. The molecule has 0 fully saturated rings. The predicted octanol–water partition coefficient (Wildman–Crippen LogP) is 4.52. The molecule has 0 bridgehead atoms. The monoisotopic (exact) mass is 310 g/mol. The van der Waals surface area contributed by atoms with E-state index < -0.39 is 0 Å². The van der Waals surface area contributed by atoms with Crippen molar-refractivity contribution in [3.05, 3.63) is 65.7 Å². The van der Waals surface area contributed by atoms with Gasteiger partial charge in [-0.1, -0.05) is 63.2 Å². The second-order valence-electron chi connectivity index (χ2n) is 6.97. The van der Waals surface area contributed by atoms with Crippen LogP contribution in [0.25, 0.3) is 0 Å². The summed E-state index contributed by atoms with van der Waals surface area (Å²) in [5.74, 6) is -0.0484. The lowest BCUT2D eigenvalue weighted by atomic mass is 9.82. The first-order valence-electron chi connectivity index (χ1n) is 8.01. The number of hydrogen-bond donors (Lipinski definition) is 2. The molecule has 0 aromatic heterocycles. The van der Waals surface area contributed by atoms with Crippen molar-refractivity contribution in [1.82, 2.24) is 5.32 Å². The molecule has 2 aromatic rings. The maximum atomic E-state index is 11.1. The van der Waals surface area contributed by atoms with Crippen molar-refractivity contribution in [3.8, 4) is 0 Å². The Kier molecular flexibility index (Phi) is 5.56. The summed E-state index contributed by atoms with van der Waals surface area (Å²) in [5, 5.41) is 6.45. The van der Waals surface area contributed by atoms with Gasteiger partial charge in [-0.05, 0) is 28.7 Å². The summed E-state index contributed by atoms with van der Waals surface area (Å²) in [6.45, 7) is 9.05. The number of benzene rings is 2. The summed E-state index contributed by atoms with van der Waals surface area (Å²) in [4.78, 5) is 11.1. The Hall–Kier alpha value is -2.13. The van der Waals surface area contributed by atoms with Crippen LogP contribution in [0, 0.1) is 5.41 Å². The van der Waals surface area contributed by atoms with Gasteiger partial charge in [-0.15, -0.1) is 0 Å². The van der Waals surface area contributed by atoms with E-state index in [9.17, 15) is 4.79 Å². The minimum atomic E-state index is -0.0484. The minimum absolute atomic E-state index is 0.0484. The number of anilines is 1. The molecule has 0 saturated carbocycles. The van der Waals surface area contributed by atoms with Crippen molar-refractivity contribution >= 4 is 11.6 Å². The number of nitrogens with one attached hydrogen (secondary N) is 2. The molecule has 0 spiro atoms. The summed E-state index contributed by atoms with van der Waals surface area (Å²) in [6, 6.07) is 18.8. The molecule has 0 aliphatic heterocycles. The molecule has 1 amide bonds. The zero-order chi connectivity index (χ0) is 16.9. The summed E-state index contributed by atoms with van der Waals surface area (Å²) < 4.78 is 0. The van der Waals surface area contributed by atoms with Gasteiger partial charge in [0.2, 0.25) is 5.91 Å². The fourth-order valence-electron chi connectivity index (χ4n) is 2.70. The molecule has 0 saturated heterocycles. The molecule has 2 rings (SSSR count). The quantitative estimate of drug-likeness (QED) is 0.852. The highest BCUT2D eigenvalue weighted by molar-refractivity contribution is 5.88. The van der Waals surface area contributed by atoms with E-state index in [0.717, 1.165) is 12.2 Å². The van der Waals surface area contributed by atoms with E-state index in [2.05, 4.69) is 55.7 Å². The number of hydrogen-bond acceptors (Lipinski definition) is 2. The minimum Gasteiger partial charge on any atom is -0.326 e. The Balaban J connectivity index is 2.05. The van der Waals surface area contributed by atoms with Crippen LogP contribution in [-0.4, -0.2) is 5.91 Å². The molecular weight excluding hydrogens is 284 g/mol. The second-order valence-corrected chi connectivity index (χ2v) is 6.97. The van der Waals surface area contributed by atoms with Gasteiger partial charge in [0.05, 0.1) is 0 Å². The molecule has 1 atom stereocenters. The van der Waals surface area contributed by atoms with E-state index >= 15 is 0 Å². The predicted molar refractivity (Wildman–Crippen MR) is 96.2 cm³/mol. The normalized spacial score (nSPS) is 12.7. The van der Waals surface area contributed by atoms with Crippen LogP contribution in [0.4, 0.5) is 5.69 Å². The Morgan fingerprint density at radius 3 is 2.13 bits per heavy atom. The van der Waals surface area contributed by atoms with E-state index in [1.165, 1.54) is 18.1 Å². The van der Waals surface area contributed by atoms with Crippen molar-refractivity contribution in [3.63, 3.8) is 0 Å². The standard InChI is InChI=1S/C20H26N2O/c1-15(23)22-18-12-10-16(11-13-18)14-21-19(20(2,3)4)17-8-6-5-7-9-17/h5-13,19,21H,14H2,1-4H3,(H,22,23). The average molecular weight is 310 g/mol. The molecule has 0 radical (unpaired) electrons. The van der Waals surface area contributed by atoms with Gasteiger partial charge in [-0.3, -0.25) is 4.79 Å². The van der Waals surface area contributed by atoms with Gasteiger partial charge in [-0.2, -0.15) is 0 Å². The average Bonchev–Trinajstić information content (AvgIpc) is 2.48. The maximum Gasteiger partial charge on any atom is 0.221 e. The molecule has 122 valence electrons. The largest absolute Gasteiger partial charge is 0.326 e. The molecule has 1 unspecified atom stereocenters. The van der Waals surface area contributed by atoms with E-state index in [0.29, 0.717) is 0 Å². The highest BCUT2D eigenvalue weighted by Crippen LogP contribution is 2.32. The van der Waals surface area contributed by atoms with Gasteiger partial charge in [0.25, 0.3) is 0 Å². The van der Waals surface area contributed by atoms with Crippen LogP contribution in [0.5, 0.6) is 0 Å². The van der Waals surface area contributed by atoms with Crippen LogP contribution in [-0.2, 0) is 11.3 Å². The molecule has 23 heavy (non-hydrogen) atoms. The third kappa shape index (κ3) is 5.22. The molecule has 3 heteroatoms. The Bertz CT molecular complexity index is 627. The van der Waals surface area contributed by atoms with Crippen molar-refractivity contribution in [1.29, 1.82) is 0 Å². The topological polar surface area (TPSA) is 41.1 Å². The Labute approximate surface area is 139 Å². The lowest BCUT2D eigenvalue weighted by molar-refractivity contribution is -0.114. The van der Waals surface area contributed by atoms with E-state index in [-0.39, 0.29) is 17.4 Å².